The minimum absolute atomic E-state index is 0.106. The molecule has 56 heavy (non-hydrogen) atoms. The fourth-order valence-electron chi connectivity index (χ4n) is 7.02. The Hall–Kier alpha value is -7.07. The van der Waals surface area contributed by atoms with Crippen LogP contribution in [-0.2, 0) is 5.79 Å². The molecule has 10 heteroatoms. The van der Waals surface area contributed by atoms with E-state index in [1.54, 1.807) is 69.4 Å². The molecule has 278 valence electrons. The molecular formula is C46H36F2N4O4. The van der Waals surface area contributed by atoms with E-state index in [1.807, 2.05) is 97.1 Å². The summed E-state index contributed by atoms with van der Waals surface area (Å²) >= 11 is 0. The molecule has 0 saturated carbocycles. The minimum Gasteiger partial charge on any atom is -0.497 e. The largest absolute Gasteiger partial charge is 0.497 e. The van der Waals surface area contributed by atoms with Crippen LogP contribution < -0.4 is 18.9 Å². The van der Waals surface area contributed by atoms with Crippen LogP contribution >= 0.6 is 0 Å². The third-order valence-electron chi connectivity index (χ3n) is 9.67. The van der Waals surface area contributed by atoms with Crippen molar-refractivity contribution >= 4 is 11.4 Å². The standard InChI is InChI=1S/C46H36F2N4O4/c1-53-33-17-9-13-29(25-33)41-42(30-14-10-18-34(26-30)54-2)51-46(50-41,38-22-6-8-24-40(38)48)52-44(32-16-12-20-36(28-32)56-4)43(31-15-11-19-35(27-31)55-3)49-45(52)37-21-5-7-23-39(37)47/h5-28H,1-4H3. The molecule has 8 rings (SSSR count). The van der Waals surface area contributed by atoms with E-state index in [1.165, 1.54) is 12.1 Å². The Morgan fingerprint density at radius 3 is 1.45 bits per heavy atom. The van der Waals surface area contributed by atoms with Gasteiger partial charge in [0.05, 0.1) is 62.4 Å². The molecule has 8 nitrogen and oxygen atoms in total. The molecule has 1 aromatic heterocycles. The first-order valence-electron chi connectivity index (χ1n) is 17.8. The first-order chi connectivity index (χ1) is 27.4. The summed E-state index contributed by atoms with van der Waals surface area (Å²) in [5.41, 5.74) is 4.68. The van der Waals surface area contributed by atoms with Crippen molar-refractivity contribution in [2.75, 3.05) is 28.4 Å². The average molecular weight is 747 g/mol. The number of methoxy groups -OCH3 is 4. The third kappa shape index (κ3) is 6.34. The number of aromatic nitrogens is 2. The number of ether oxygens (including phenoxy) is 4. The lowest BCUT2D eigenvalue weighted by Gasteiger charge is -2.30. The topological polar surface area (TPSA) is 79.5 Å². The van der Waals surface area contributed by atoms with Gasteiger partial charge in [0.25, 0.3) is 5.79 Å². The van der Waals surface area contributed by atoms with E-state index in [0.29, 0.717) is 68.1 Å². The van der Waals surface area contributed by atoms with E-state index in [0.717, 1.165) is 0 Å². The zero-order valence-electron chi connectivity index (χ0n) is 31.0. The number of hydrogen-bond donors (Lipinski definition) is 0. The normalized spacial score (nSPS) is 13.2. The van der Waals surface area contributed by atoms with Crippen LogP contribution in [0.1, 0.15) is 16.7 Å². The highest BCUT2D eigenvalue weighted by molar-refractivity contribution is 6.54. The summed E-state index contributed by atoms with van der Waals surface area (Å²) in [5, 5.41) is 0. The molecule has 7 aromatic rings. The quantitative estimate of drug-likeness (QED) is 0.132. The van der Waals surface area contributed by atoms with Crippen molar-refractivity contribution in [3.8, 4) is 56.9 Å². The summed E-state index contributed by atoms with van der Waals surface area (Å²) in [7, 11) is 6.34. The lowest BCUT2D eigenvalue weighted by molar-refractivity contribution is 0.387. The van der Waals surface area contributed by atoms with Crippen molar-refractivity contribution in [3.05, 3.63) is 174 Å². The number of halogens is 2. The lowest BCUT2D eigenvalue weighted by Crippen LogP contribution is -2.32. The van der Waals surface area contributed by atoms with Crippen molar-refractivity contribution in [1.29, 1.82) is 0 Å². The molecule has 2 heterocycles. The molecular weight excluding hydrogens is 711 g/mol. The Balaban J connectivity index is 1.59. The number of nitrogens with zero attached hydrogens (tertiary/aromatic N) is 4. The summed E-state index contributed by atoms with van der Waals surface area (Å²) < 4.78 is 57.5. The van der Waals surface area contributed by atoms with Crippen molar-refractivity contribution in [3.63, 3.8) is 0 Å². The molecule has 6 aromatic carbocycles. The lowest BCUT2D eigenvalue weighted by atomic mass is 10.00. The monoisotopic (exact) mass is 746 g/mol. The van der Waals surface area contributed by atoms with Gasteiger partial charge in [0, 0.05) is 22.3 Å². The molecule has 0 fully saturated rings. The van der Waals surface area contributed by atoms with Crippen LogP contribution in [0.3, 0.4) is 0 Å². The van der Waals surface area contributed by atoms with Crippen LogP contribution in [-0.4, -0.2) is 49.4 Å². The molecule has 0 aliphatic carbocycles. The van der Waals surface area contributed by atoms with Crippen LogP contribution in [0, 0.1) is 11.6 Å². The van der Waals surface area contributed by atoms with E-state index >= 15 is 8.78 Å². The van der Waals surface area contributed by atoms with Crippen molar-refractivity contribution < 1.29 is 27.7 Å². The molecule has 0 N–H and O–H groups in total. The fraction of sp³-hybridized carbons (Fsp3) is 0.109. The Kier molecular flexibility index (Phi) is 9.62. The van der Waals surface area contributed by atoms with Crippen LogP contribution in [0.5, 0.6) is 23.0 Å². The Morgan fingerprint density at radius 1 is 0.482 bits per heavy atom. The molecule has 0 atom stereocenters. The molecule has 0 radical (unpaired) electrons. The van der Waals surface area contributed by atoms with E-state index < -0.39 is 17.4 Å². The van der Waals surface area contributed by atoms with Gasteiger partial charge in [-0.3, -0.25) is 4.57 Å². The number of rotatable bonds is 11. The van der Waals surface area contributed by atoms with E-state index in [-0.39, 0.29) is 17.0 Å². The zero-order valence-corrected chi connectivity index (χ0v) is 31.0. The van der Waals surface area contributed by atoms with Gasteiger partial charge < -0.3 is 18.9 Å². The molecule has 1 aliphatic rings. The number of aliphatic imine (C=N–C) groups is 2. The summed E-state index contributed by atoms with van der Waals surface area (Å²) in [6.07, 6.45) is 0. The summed E-state index contributed by atoms with van der Waals surface area (Å²) in [6, 6.07) is 42.4. The first kappa shape index (κ1) is 35.9. The molecule has 0 unspecified atom stereocenters. The first-order valence-corrected chi connectivity index (χ1v) is 17.8. The second-order valence-electron chi connectivity index (χ2n) is 12.9. The second-order valence-corrected chi connectivity index (χ2v) is 12.9. The maximum Gasteiger partial charge on any atom is 0.264 e. The second kappa shape index (κ2) is 15.0. The summed E-state index contributed by atoms with van der Waals surface area (Å²) in [4.78, 5) is 16.2. The molecule has 0 amide bonds. The minimum atomic E-state index is -1.94. The van der Waals surface area contributed by atoms with Crippen LogP contribution in [0.4, 0.5) is 8.78 Å². The predicted octanol–water partition coefficient (Wildman–Crippen LogP) is 9.85. The van der Waals surface area contributed by atoms with Gasteiger partial charge in [-0.15, -0.1) is 0 Å². The molecule has 0 spiro atoms. The van der Waals surface area contributed by atoms with Gasteiger partial charge in [-0.05, 0) is 72.8 Å². The third-order valence-corrected chi connectivity index (χ3v) is 9.67. The maximum absolute atomic E-state index is 16.8. The highest BCUT2D eigenvalue weighted by Gasteiger charge is 2.47. The highest BCUT2D eigenvalue weighted by atomic mass is 19.1. The molecule has 1 aliphatic heterocycles. The Bertz CT molecular complexity index is 2590. The highest BCUT2D eigenvalue weighted by Crippen LogP contribution is 2.48. The van der Waals surface area contributed by atoms with E-state index in [4.69, 9.17) is 33.9 Å². The van der Waals surface area contributed by atoms with Gasteiger partial charge >= 0.3 is 0 Å². The van der Waals surface area contributed by atoms with E-state index in [9.17, 15) is 0 Å². The number of imidazole rings is 1. The van der Waals surface area contributed by atoms with Crippen LogP contribution in [0.2, 0.25) is 0 Å². The van der Waals surface area contributed by atoms with Gasteiger partial charge in [0.2, 0.25) is 0 Å². The van der Waals surface area contributed by atoms with Crippen molar-refractivity contribution in [2.24, 2.45) is 9.98 Å². The Labute approximate surface area is 323 Å². The Morgan fingerprint density at radius 2 is 0.929 bits per heavy atom. The van der Waals surface area contributed by atoms with Gasteiger partial charge in [0.15, 0.2) is 0 Å². The van der Waals surface area contributed by atoms with Crippen LogP contribution in [0.15, 0.2) is 156 Å². The van der Waals surface area contributed by atoms with Gasteiger partial charge in [-0.25, -0.2) is 23.7 Å². The van der Waals surface area contributed by atoms with Gasteiger partial charge in [-0.2, -0.15) is 0 Å². The number of benzene rings is 6. The fourth-order valence-corrected chi connectivity index (χ4v) is 7.02. The van der Waals surface area contributed by atoms with Gasteiger partial charge in [0.1, 0.15) is 40.5 Å². The number of hydrogen-bond acceptors (Lipinski definition) is 7. The molecule has 0 bridgehead atoms. The smallest absolute Gasteiger partial charge is 0.264 e. The predicted molar refractivity (Wildman–Crippen MR) is 214 cm³/mol. The molecule has 0 saturated heterocycles. The van der Waals surface area contributed by atoms with Crippen LogP contribution in [0.25, 0.3) is 33.9 Å². The van der Waals surface area contributed by atoms with Crippen molar-refractivity contribution in [2.45, 2.75) is 5.79 Å². The zero-order chi connectivity index (χ0) is 38.8. The maximum atomic E-state index is 16.8. The van der Waals surface area contributed by atoms with Crippen molar-refractivity contribution in [1.82, 2.24) is 9.55 Å². The van der Waals surface area contributed by atoms with E-state index in [2.05, 4.69) is 0 Å². The SMILES string of the molecule is COc1cccc(C2=NC(c3ccccc3F)(n3c(-c4ccccc4F)nc(-c4cccc(OC)c4)c3-c3cccc(OC)c3)N=C2c2cccc(OC)c2)c1. The van der Waals surface area contributed by atoms with Gasteiger partial charge in [-0.1, -0.05) is 72.8 Å². The summed E-state index contributed by atoms with van der Waals surface area (Å²) in [6.45, 7) is 0. The summed E-state index contributed by atoms with van der Waals surface area (Å²) in [5.74, 6) is -0.576. The average Bonchev–Trinajstić information content (AvgIpc) is 3.85.